The van der Waals surface area contributed by atoms with E-state index in [4.69, 9.17) is 0 Å². The van der Waals surface area contributed by atoms with Gasteiger partial charge in [0.2, 0.25) is 0 Å². The van der Waals surface area contributed by atoms with Crippen LogP contribution in [0.3, 0.4) is 0 Å². The zero-order chi connectivity index (χ0) is 0. The standard InChI is InChI=1S/GeH4.4HI/h1H4;4*1H. The fourth-order valence-corrected chi connectivity index (χ4v) is 0. The van der Waals surface area contributed by atoms with Gasteiger partial charge in [-0.25, -0.2) is 0 Å². The van der Waals surface area contributed by atoms with Crippen molar-refractivity contribution in [2.75, 3.05) is 0 Å². The van der Waals surface area contributed by atoms with Gasteiger partial charge >= 0.3 is 17.6 Å². The molecule has 5 heavy (non-hydrogen) atoms. The molecule has 0 amide bonds. The Labute approximate surface area is 111 Å². The van der Waals surface area contributed by atoms with E-state index < -0.39 is 0 Å². The van der Waals surface area contributed by atoms with E-state index in [0.717, 1.165) is 0 Å². The molecule has 0 spiro atoms. The Kier molecular flexibility index (Phi) is 204. The van der Waals surface area contributed by atoms with Crippen molar-refractivity contribution in [3.05, 3.63) is 0 Å². The van der Waals surface area contributed by atoms with Crippen molar-refractivity contribution in [1.29, 1.82) is 0 Å². The second kappa shape index (κ2) is 26.0. The monoisotopic (exact) mass is 590 g/mol. The Morgan fingerprint density at radius 1 is 0.400 bits per heavy atom. The quantitative estimate of drug-likeness (QED) is 0.293. The molecule has 5 heteroatoms. The second-order valence-corrected chi connectivity index (χ2v) is 0. The van der Waals surface area contributed by atoms with Crippen LogP contribution in [0.25, 0.3) is 0 Å². The summed E-state index contributed by atoms with van der Waals surface area (Å²) >= 11 is 0. The number of hydrogen-bond donors (Lipinski definition) is 0. The Balaban J connectivity index is 0. The molecule has 0 fully saturated rings. The average molecular weight is 588 g/mol. The van der Waals surface area contributed by atoms with Gasteiger partial charge in [-0.1, -0.05) is 0 Å². The molecule has 0 aliphatic heterocycles. The van der Waals surface area contributed by atoms with Crippen molar-refractivity contribution >= 4 is 114 Å². The number of hydrogen-bond acceptors (Lipinski definition) is 0. The molecule has 0 aromatic carbocycles. The molecule has 0 heterocycles. The third kappa shape index (κ3) is 18.6. The normalized spacial score (nSPS) is 0. The summed E-state index contributed by atoms with van der Waals surface area (Å²) in [6.07, 6.45) is 0. The summed E-state index contributed by atoms with van der Waals surface area (Å²) in [6.45, 7) is 0. The van der Waals surface area contributed by atoms with Gasteiger partial charge in [0, 0.05) is 0 Å². The predicted octanol–water partition coefficient (Wildman–Crippen LogP) is 1.02. The summed E-state index contributed by atoms with van der Waals surface area (Å²) in [5.41, 5.74) is 0. The summed E-state index contributed by atoms with van der Waals surface area (Å²) < 4.78 is 0. The van der Waals surface area contributed by atoms with Crippen molar-refractivity contribution in [2.45, 2.75) is 0 Å². The molecule has 40 valence electrons. The van der Waals surface area contributed by atoms with Gasteiger partial charge in [0.1, 0.15) is 0 Å². The van der Waals surface area contributed by atoms with Crippen LogP contribution in [0.4, 0.5) is 0 Å². The van der Waals surface area contributed by atoms with Crippen LogP contribution in [-0.4, -0.2) is 17.6 Å². The maximum atomic E-state index is 0. The molecule has 0 saturated heterocycles. The Morgan fingerprint density at radius 3 is 0.400 bits per heavy atom. The molecule has 0 unspecified atom stereocenters. The van der Waals surface area contributed by atoms with Gasteiger partial charge in [-0.2, -0.15) is 0 Å². The van der Waals surface area contributed by atoms with E-state index in [-0.39, 0.29) is 114 Å². The van der Waals surface area contributed by atoms with E-state index in [2.05, 4.69) is 0 Å². The maximum absolute atomic E-state index is 0. The van der Waals surface area contributed by atoms with Gasteiger partial charge in [0.05, 0.1) is 0 Å². The molecule has 0 aromatic rings. The van der Waals surface area contributed by atoms with Gasteiger partial charge < -0.3 is 0 Å². The number of halogens is 4. The molecular formula is H8GeI4. The van der Waals surface area contributed by atoms with E-state index in [1.54, 1.807) is 0 Å². The molecule has 0 rings (SSSR count). The first-order chi connectivity index (χ1) is 0. The molecule has 0 aliphatic carbocycles. The molecule has 0 radical (unpaired) electrons. The summed E-state index contributed by atoms with van der Waals surface area (Å²) in [7, 11) is 0. The van der Waals surface area contributed by atoms with E-state index >= 15 is 0 Å². The van der Waals surface area contributed by atoms with E-state index in [1.165, 1.54) is 0 Å². The Hall–Kier alpha value is 3.46. The van der Waals surface area contributed by atoms with E-state index in [1.807, 2.05) is 0 Å². The van der Waals surface area contributed by atoms with Gasteiger partial charge in [0.15, 0.2) is 0 Å². The molecule has 0 saturated carbocycles. The predicted molar refractivity (Wildman–Crippen MR) is 73.0 cm³/mol. The summed E-state index contributed by atoms with van der Waals surface area (Å²) in [5, 5.41) is 0. The van der Waals surface area contributed by atoms with Crippen LogP contribution in [0.15, 0.2) is 0 Å². The van der Waals surface area contributed by atoms with Crippen LogP contribution in [0.1, 0.15) is 0 Å². The molecule has 0 N–H and O–H groups in total. The molecule has 0 aromatic heterocycles. The van der Waals surface area contributed by atoms with Crippen LogP contribution < -0.4 is 0 Å². The third-order valence-corrected chi connectivity index (χ3v) is 0. The molecule has 0 aliphatic rings. The van der Waals surface area contributed by atoms with Crippen LogP contribution in [-0.2, 0) is 0 Å². The van der Waals surface area contributed by atoms with Crippen LogP contribution in [0, 0.1) is 0 Å². The average Bonchev–Trinajstić information content (AvgIpc) is 0. The van der Waals surface area contributed by atoms with Crippen molar-refractivity contribution < 1.29 is 0 Å². The summed E-state index contributed by atoms with van der Waals surface area (Å²) in [5.74, 6) is 0. The molecule has 0 atom stereocenters. The number of rotatable bonds is 0. The Bertz CT molecular complexity index is 3.61. The van der Waals surface area contributed by atoms with Crippen molar-refractivity contribution in [2.24, 2.45) is 0 Å². The van der Waals surface area contributed by atoms with Gasteiger partial charge in [-0.3, -0.25) is 0 Å². The van der Waals surface area contributed by atoms with Crippen molar-refractivity contribution in [3.8, 4) is 0 Å². The zero-order valence-corrected chi connectivity index (χ0v) is 11.0. The van der Waals surface area contributed by atoms with Crippen LogP contribution >= 0.6 is 95.9 Å². The van der Waals surface area contributed by atoms with Crippen LogP contribution in [0.2, 0.25) is 0 Å². The first-order valence-electron chi connectivity index (χ1n) is 0. The second-order valence-electron chi connectivity index (χ2n) is 0. The van der Waals surface area contributed by atoms with Gasteiger partial charge in [0.25, 0.3) is 0 Å². The van der Waals surface area contributed by atoms with Gasteiger partial charge in [-0.15, -0.1) is 95.9 Å². The summed E-state index contributed by atoms with van der Waals surface area (Å²) in [6, 6.07) is 0. The minimum atomic E-state index is 0. The third-order valence-electron chi connectivity index (χ3n) is 0. The van der Waals surface area contributed by atoms with E-state index in [9.17, 15) is 0 Å². The first-order valence-corrected chi connectivity index (χ1v) is 0. The zero-order valence-electron chi connectivity index (χ0n) is 1.63. The fraction of sp³-hybridized carbons (Fsp3) is 0. The first kappa shape index (κ1) is 39.3. The summed E-state index contributed by atoms with van der Waals surface area (Å²) in [4.78, 5) is 0. The van der Waals surface area contributed by atoms with Crippen molar-refractivity contribution in [1.82, 2.24) is 0 Å². The molecule has 0 bridgehead atoms. The van der Waals surface area contributed by atoms with E-state index in [0.29, 0.717) is 0 Å². The van der Waals surface area contributed by atoms with Crippen molar-refractivity contribution in [3.63, 3.8) is 0 Å². The Morgan fingerprint density at radius 2 is 0.400 bits per heavy atom. The molecular weight excluding hydrogens is 580 g/mol. The minimum absolute atomic E-state index is 0. The van der Waals surface area contributed by atoms with Gasteiger partial charge in [-0.05, 0) is 0 Å². The SMILES string of the molecule is I.I.I.I.[GeH4]. The topological polar surface area (TPSA) is 0 Å². The fourth-order valence-electron chi connectivity index (χ4n) is 0. The van der Waals surface area contributed by atoms with Crippen LogP contribution in [0.5, 0.6) is 0 Å². The molecule has 0 nitrogen and oxygen atoms in total.